The van der Waals surface area contributed by atoms with Crippen LogP contribution in [-0.4, -0.2) is 24.8 Å². The lowest BCUT2D eigenvalue weighted by Gasteiger charge is -2.22. The van der Waals surface area contributed by atoms with Gasteiger partial charge in [0.1, 0.15) is 5.78 Å². The second-order valence-electron chi connectivity index (χ2n) is 4.27. The maximum Gasteiger partial charge on any atom is 0.176 e. The molecule has 1 aliphatic carbocycles. The van der Waals surface area contributed by atoms with Crippen LogP contribution in [0, 0.1) is 5.41 Å². The van der Waals surface area contributed by atoms with Gasteiger partial charge in [-0.2, -0.15) is 0 Å². The van der Waals surface area contributed by atoms with Gasteiger partial charge in [-0.15, -0.1) is 0 Å². The minimum absolute atomic E-state index is 0.254. The molecule has 2 fully saturated rings. The molecule has 0 aromatic rings. The van der Waals surface area contributed by atoms with E-state index >= 15 is 0 Å². The fraction of sp³-hybridized carbons (Fsp3) is 0.889. The van der Waals surface area contributed by atoms with Crippen molar-refractivity contribution in [3.8, 4) is 0 Å². The number of hydrogen-bond donors (Lipinski definition) is 0. The SMILES string of the molecule is CC1(C)CC2(CC1=O)OCCO2. The Morgan fingerprint density at radius 2 is 1.83 bits per heavy atom. The van der Waals surface area contributed by atoms with Crippen LogP contribution in [0.2, 0.25) is 0 Å². The summed E-state index contributed by atoms with van der Waals surface area (Å²) in [4.78, 5) is 11.5. The first-order valence-electron chi connectivity index (χ1n) is 4.35. The number of hydrogen-bond acceptors (Lipinski definition) is 3. The molecule has 0 aromatic carbocycles. The monoisotopic (exact) mass is 170 g/mol. The lowest BCUT2D eigenvalue weighted by atomic mass is 9.90. The van der Waals surface area contributed by atoms with Gasteiger partial charge in [-0.25, -0.2) is 0 Å². The summed E-state index contributed by atoms with van der Waals surface area (Å²) in [5.41, 5.74) is -0.260. The first-order valence-corrected chi connectivity index (χ1v) is 4.35. The standard InChI is InChI=1S/C9H14O3/c1-8(2)6-9(5-7(8)10)11-3-4-12-9/h3-6H2,1-2H3. The molecule has 1 aliphatic heterocycles. The largest absolute Gasteiger partial charge is 0.347 e. The maximum absolute atomic E-state index is 11.5. The van der Waals surface area contributed by atoms with Gasteiger partial charge in [-0.05, 0) is 0 Å². The van der Waals surface area contributed by atoms with Gasteiger partial charge < -0.3 is 9.47 Å². The minimum atomic E-state index is -0.555. The highest BCUT2D eigenvalue weighted by atomic mass is 16.7. The summed E-state index contributed by atoms with van der Waals surface area (Å²) in [5.74, 6) is -0.301. The van der Waals surface area contributed by atoms with Crippen molar-refractivity contribution < 1.29 is 14.3 Å². The van der Waals surface area contributed by atoms with Crippen molar-refractivity contribution in [3.05, 3.63) is 0 Å². The van der Waals surface area contributed by atoms with Gasteiger partial charge in [0.15, 0.2) is 5.79 Å². The average Bonchev–Trinajstić information content (AvgIpc) is 2.42. The molecule has 68 valence electrons. The second kappa shape index (κ2) is 2.30. The molecule has 1 heterocycles. The minimum Gasteiger partial charge on any atom is -0.347 e. The van der Waals surface area contributed by atoms with Crippen LogP contribution >= 0.6 is 0 Å². The summed E-state index contributed by atoms with van der Waals surface area (Å²) in [5, 5.41) is 0. The first kappa shape index (κ1) is 8.20. The number of carbonyl (C=O) groups excluding carboxylic acids is 1. The topological polar surface area (TPSA) is 35.5 Å². The van der Waals surface area contributed by atoms with Crippen LogP contribution in [0.5, 0.6) is 0 Å². The van der Waals surface area contributed by atoms with E-state index in [9.17, 15) is 4.79 Å². The third kappa shape index (κ3) is 1.08. The van der Waals surface area contributed by atoms with Crippen molar-refractivity contribution >= 4 is 5.78 Å². The lowest BCUT2D eigenvalue weighted by Crippen LogP contribution is -2.27. The van der Waals surface area contributed by atoms with Crippen LogP contribution in [-0.2, 0) is 14.3 Å². The number of rotatable bonds is 0. The summed E-state index contributed by atoms with van der Waals surface area (Å²) >= 11 is 0. The first-order chi connectivity index (χ1) is 5.54. The van der Waals surface area contributed by atoms with Crippen LogP contribution in [0.25, 0.3) is 0 Å². The zero-order chi connectivity index (χ0) is 8.82. The predicted molar refractivity (Wildman–Crippen MR) is 42.7 cm³/mol. The summed E-state index contributed by atoms with van der Waals surface area (Å²) in [6.45, 7) is 5.16. The zero-order valence-corrected chi connectivity index (χ0v) is 7.55. The molecule has 0 aromatic heterocycles. The van der Waals surface area contributed by atoms with Crippen LogP contribution in [0.1, 0.15) is 26.7 Å². The molecule has 1 spiro atoms. The highest BCUT2D eigenvalue weighted by molar-refractivity contribution is 5.87. The lowest BCUT2D eigenvalue weighted by molar-refractivity contribution is -0.156. The maximum atomic E-state index is 11.5. The van der Waals surface area contributed by atoms with Crippen molar-refractivity contribution in [1.82, 2.24) is 0 Å². The molecule has 0 amide bonds. The van der Waals surface area contributed by atoms with Crippen molar-refractivity contribution in [2.75, 3.05) is 13.2 Å². The molecule has 0 unspecified atom stereocenters. The Balaban J connectivity index is 2.19. The molecule has 2 rings (SSSR count). The third-order valence-corrected chi connectivity index (χ3v) is 2.71. The fourth-order valence-electron chi connectivity index (χ4n) is 2.02. The molecule has 2 aliphatic rings. The second-order valence-corrected chi connectivity index (χ2v) is 4.27. The highest BCUT2D eigenvalue weighted by Gasteiger charge is 2.52. The van der Waals surface area contributed by atoms with E-state index in [0.29, 0.717) is 26.1 Å². The van der Waals surface area contributed by atoms with Gasteiger partial charge in [0.2, 0.25) is 0 Å². The molecule has 1 saturated heterocycles. The van der Waals surface area contributed by atoms with Gasteiger partial charge in [0.05, 0.1) is 19.6 Å². The number of ether oxygens (including phenoxy) is 2. The Hall–Kier alpha value is -0.410. The Labute approximate surface area is 72.0 Å². The van der Waals surface area contributed by atoms with E-state index in [-0.39, 0.29) is 11.2 Å². The normalized spacial score (nSPS) is 31.7. The van der Waals surface area contributed by atoms with Gasteiger partial charge in [0, 0.05) is 11.8 Å². The van der Waals surface area contributed by atoms with Crippen LogP contribution < -0.4 is 0 Å². The summed E-state index contributed by atoms with van der Waals surface area (Å²) in [6, 6.07) is 0. The average molecular weight is 170 g/mol. The van der Waals surface area contributed by atoms with Crippen molar-refractivity contribution in [1.29, 1.82) is 0 Å². The van der Waals surface area contributed by atoms with Crippen molar-refractivity contribution in [2.24, 2.45) is 5.41 Å². The van der Waals surface area contributed by atoms with Gasteiger partial charge in [-0.3, -0.25) is 4.79 Å². The van der Waals surface area contributed by atoms with E-state index < -0.39 is 5.79 Å². The molecule has 0 N–H and O–H groups in total. The van der Waals surface area contributed by atoms with Crippen LogP contribution in [0.15, 0.2) is 0 Å². The van der Waals surface area contributed by atoms with Crippen molar-refractivity contribution in [3.63, 3.8) is 0 Å². The smallest absolute Gasteiger partial charge is 0.176 e. The van der Waals surface area contributed by atoms with E-state index in [4.69, 9.17) is 9.47 Å². The summed E-state index contributed by atoms with van der Waals surface area (Å²) in [7, 11) is 0. The highest BCUT2D eigenvalue weighted by Crippen LogP contribution is 2.45. The van der Waals surface area contributed by atoms with E-state index in [0.717, 1.165) is 0 Å². The van der Waals surface area contributed by atoms with Crippen LogP contribution in [0.3, 0.4) is 0 Å². The Bertz CT molecular complexity index is 214. The molecule has 1 saturated carbocycles. The quantitative estimate of drug-likeness (QED) is 0.546. The number of Topliss-reactive ketones (excluding diaryl/α,β-unsaturated/α-hetero) is 1. The molecule has 0 bridgehead atoms. The Morgan fingerprint density at radius 3 is 2.25 bits per heavy atom. The van der Waals surface area contributed by atoms with E-state index in [1.807, 2.05) is 13.8 Å². The summed E-state index contributed by atoms with van der Waals surface area (Å²) in [6.07, 6.45) is 1.14. The van der Waals surface area contributed by atoms with E-state index in [2.05, 4.69) is 0 Å². The fourth-order valence-corrected chi connectivity index (χ4v) is 2.02. The van der Waals surface area contributed by atoms with Crippen LogP contribution in [0.4, 0.5) is 0 Å². The zero-order valence-electron chi connectivity index (χ0n) is 7.55. The van der Waals surface area contributed by atoms with Gasteiger partial charge in [0.25, 0.3) is 0 Å². The third-order valence-electron chi connectivity index (χ3n) is 2.71. The molecule has 12 heavy (non-hydrogen) atoms. The molecular formula is C9H14O3. The van der Waals surface area contributed by atoms with Crippen molar-refractivity contribution in [2.45, 2.75) is 32.5 Å². The van der Waals surface area contributed by atoms with Gasteiger partial charge in [-0.1, -0.05) is 13.8 Å². The van der Waals surface area contributed by atoms with E-state index in [1.54, 1.807) is 0 Å². The molecule has 3 heteroatoms. The molecule has 3 nitrogen and oxygen atoms in total. The Kier molecular flexibility index (Phi) is 1.57. The predicted octanol–water partition coefficient (Wildman–Crippen LogP) is 1.12. The Morgan fingerprint density at radius 1 is 1.25 bits per heavy atom. The molecule has 0 radical (unpaired) electrons. The number of carbonyl (C=O) groups is 1. The number of ketones is 1. The van der Waals surface area contributed by atoms with E-state index in [1.165, 1.54) is 0 Å². The molecule has 0 atom stereocenters. The van der Waals surface area contributed by atoms with Gasteiger partial charge >= 0.3 is 0 Å². The molecular weight excluding hydrogens is 156 g/mol. The summed E-state index contributed by atoms with van der Waals surface area (Å²) < 4.78 is 10.9.